The summed E-state index contributed by atoms with van der Waals surface area (Å²) in [5.74, 6) is 0.254. The van der Waals surface area contributed by atoms with Gasteiger partial charge in [-0.3, -0.25) is 14.7 Å². The molecule has 2 aliphatic carbocycles. The Morgan fingerprint density at radius 2 is 2.02 bits per heavy atom. The summed E-state index contributed by atoms with van der Waals surface area (Å²) in [6.07, 6.45) is 12.2. The minimum absolute atomic E-state index is 0.0138. The predicted molar refractivity (Wildman–Crippen MR) is 194 cm³/mol. The van der Waals surface area contributed by atoms with E-state index in [2.05, 4.69) is 32.7 Å². The van der Waals surface area contributed by atoms with Crippen LogP contribution in [-0.2, 0) is 16.0 Å². The van der Waals surface area contributed by atoms with E-state index in [1.165, 1.54) is 18.3 Å². The van der Waals surface area contributed by atoms with Crippen LogP contribution in [-0.4, -0.2) is 105 Å². The molecule has 282 valence electrons. The van der Waals surface area contributed by atoms with Gasteiger partial charge in [0.15, 0.2) is 5.82 Å². The van der Waals surface area contributed by atoms with Crippen molar-refractivity contribution in [1.29, 1.82) is 0 Å². The molecule has 1 saturated carbocycles. The van der Waals surface area contributed by atoms with Gasteiger partial charge in [0, 0.05) is 57.9 Å². The number of ether oxygens (including phenoxy) is 2. The molecule has 4 aliphatic rings. The number of carbonyl (C=O) groups excluding carboxylic acids is 1. The van der Waals surface area contributed by atoms with Gasteiger partial charge >= 0.3 is 6.01 Å². The molecule has 2 N–H and O–H groups in total. The summed E-state index contributed by atoms with van der Waals surface area (Å²) in [6, 6.07) is 2.86. The maximum atomic E-state index is 17.0. The first-order valence-corrected chi connectivity index (χ1v) is 18.5. The number of alkyl halides is 1. The molecule has 2 aliphatic heterocycles. The monoisotopic (exact) mass is 732 g/mol. The number of pyridine rings is 1. The van der Waals surface area contributed by atoms with E-state index in [0.29, 0.717) is 30.9 Å². The van der Waals surface area contributed by atoms with Crippen LogP contribution in [0.4, 0.5) is 19.0 Å². The third-order valence-corrected chi connectivity index (χ3v) is 12.0. The lowest BCUT2D eigenvalue weighted by Gasteiger charge is -2.41. The Kier molecular flexibility index (Phi) is 10.4. The number of nitrogens with one attached hydrogen (secondary N) is 1. The first kappa shape index (κ1) is 37.1. The number of hydrogen-bond acceptors (Lipinski definition) is 9. The highest BCUT2D eigenvalue weighted by atomic mass is 19.1. The largest absolute Gasteiger partial charge is 0.461 e. The average molecular weight is 733 g/mol. The number of aromatic nitrogens is 3. The summed E-state index contributed by atoms with van der Waals surface area (Å²) >= 11 is 0. The Morgan fingerprint density at radius 3 is 2.74 bits per heavy atom. The van der Waals surface area contributed by atoms with Crippen LogP contribution in [0.15, 0.2) is 31.0 Å². The number of halogens is 3. The number of hydrogen-bond donors (Lipinski definition) is 2. The minimum Gasteiger partial charge on any atom is -0.461 e. The summed E-state index contributed by atoms with van der Waals surface area (Å²) in [6.45, 7) is 7.51. The summed E-state index contributed by atoms with van der Waals surface area (Å²) in [5, 5.41) is 14.5. The minimum atomic E-state index is -1.03. The molecule has 10 nitrogen and oxygen atoms in total. The highest BCUT2D eigenvalue weighted by molar-refractivity contribution is 5.90. The highest BCUT2D eigenvalue weighted by Gasteiger charge is 2.47. The van der Waals surface area contributed by atoms with Crippen LogP contribution in [0.1, 0.15) is 86.6 Å². The zero-order valence-electron chi connectivity index (χ0n) is 30.3. The Labute approximate surface area is 308 Å². The van der Waals surface area contributed by atoms with Gasteiger partial charge in [-0.1, -0.05) is 31.4 Å². The first-order valence-electron chi connectivity index (χ1n) is 18.5. The second kappa shape index (κ2) is 14.9. The second-order valence-corrected chi connectivity index (χ2v) is 15.3. The lowest BCUT2D eigenvalue weighted by Crippen LogP contribution is -2.52. The molecule has 0 bridgehead atoms. The van der Waals surface area contributed by atoms with Crippen LogP contribution >= 0.6 is 0 Å². The van der Waals surface area contributed by atoms with E-state index in [1.54, 1.807) is 18.0 Å². The van der Waals surface area contributed by atoms with Gasteiger partial charge in [0.05, 0.1) is 33.8 Å². The van der Waals surface area contributed by atoms with Gasteiger partial charge in [0.1, 0.15) is 29.9 Å². The van der Waals surface area contributed by atoms with Crippen molar-refractivity contribution in [2.24, 2.45) is 0 Å². The predicted octanol–water partition coefficient (Wildman–Crippen LogP) is 5.45. The summed E-state index contributed by atoms with van der Waals surface area (Å²) < 4.78 is 58.9. The highest BCUT2D eigenvalue weighted by Crippen LogP contribution is 2.42. The Balaban J connectivity index is 1.29. The molecular weight excluding hydrogens is 685 g/mol. The SMILES string of the molecule is C#Cc1c(F)ccc2c1[C@H](c1ncc3c(NCC4(N(C)C(=O)C=C)CCCC4)nc(OC[C@]4(C)C[C@@H](F)CN4C4CCOCC4)nc3c1F)C[C@H](O)C2. The molecule has 3 fully saturated rings. The third-order valence-electron chi connectivity index (χ3n) is 12.0. The fourth-order valence-corrected chi connectivity index (χ4v) is 9.15. The quantitative estimate of drug-likeness (QED) is 0.208. The van der Waals surface area contributed by atoms with Crippen LogP contribution in [0.5, 0.6) is 6.01 Å². The number of amides is 1. The number of carbonyl (C=O) groups is 1. The smallest absolute Gasteiger partial charge is 0.319 e. The number of terminal acetylenes is 1. The fourth-order valence-electron chi connectivity index (χ4n) is 9.15. The molecule has 13 heteroatoms. The molecular formula is C40H47F3N6O4. The Bertz CT molecular complexity index is 1930. The number of rotatable bonds is 10. The van der Waals surface area contributed by atoms with Gasteiger partial charge in [0.2, 0.25) is 5.91 Å². The fraction of sp³-hybridized carbons (Fsp3) is 0.550. The first-order chi connectivity index (χ1) is 25.5. The van der Waals surface area contributed by atoms with Crippen molar-refractivity contribution in [3.8, 4) is 18.4 Å². The summed E-state index contributed by atoms with van der Waals surface area (Å²) in [7, 11) is 1.76. The standard InChI is InChI=1S/C40H47F3N6O4/c1-5-28-31(42)10-9-24-17-27(50)18-29(33(24)28)35-34(43)36-30(20-44-35)37(45-22-40(13-7-8-14-40)48(4)32(51)6-2)47-38(46-36)53-23-39(3)19-25(41)21-49(39)26-11-15-52-16-12-26/h1,6,9-10,20,25-27,29,50H,2,7-8,11-19,21-23H2,3-4H3,(H,45,46,47)/t25-,27-,29-,39+/m1/s1. The maximum absolute atomic E-state index is 17.0. The van der Waals surface area contributed by atoms with E-state index in [9.17, 15) is 14.3 Å². The van der Waals surface area contributed by atoms with Crippen LogP contribution < -0.4 is 10.1 Å². The molecule has 4 heterocycles. The van der Waals surface area contributed by atoms with Crippen molar-refractivity contribution in [3.05, 3.63) is 65.0 Å². The number of anilines is 1. The number of likely N-dealkylation sites (tertiary alicyclic amines) is 1. The molecule has 0 spiro atoms. The molecule has 4 atom stereocenters. The van der Waals surface area contributed by atoms with Crippen LogP contribution in [0, 0.1) is 24.0 Å². The zero-order valence-corrected chi connectivity index (χ0v) is 30.3. The maximum Gasteiger partial charge on any atom is 0.319 e. The normalized spacial score (nSPS) is 25.9. The van der Waals surface area contributed by atoms with E-state index in [1.807, 2.05) is 6.92 Å². The summed E-state index contributed by atoms with van der Waals surface area (Å²) in [5.41, 5.74) is -0.260. The van der Waals surface area contributed by atoms with Crippen LogP contribution in [0.25, 0.3) is 10.9 Å². The van der Waals surface area contributed by atoms with Crippen molar-refractivity contribution < 1.29 is 32.5 Å². The lowest BCUT2D eigenvalue weighted by molar-refractivity contribution is -0.129. The van der Waals surface area contributed by atoms with Gasteiger partial charge in [-0.05, 0) is 68.7 Å². The van der Waals surface area contributed by atoms with Gasteiger partial charge in [0.25, 0.3) is 0 Å². The summed E-state index contributed by atoms with van der Waals surface area (Å²) in [4.78, 5) is 30.5. The molecule has 1 amide bonds. The number of nitrogens with zero attached hydrogens (tertiary/aromatic N) is 5. The average Bonchev–Trinajstić information content (AvgIpc) is 3.77. The van der Waals surface area contributed by atoms with E-state index in [0.717, 1.165) is 38.5 Å². The van der Waals surface area contributed by atoms with Crippen molar-refractivity contribution >= 4 is 22.6 Å². The molecule has 3 aromatic rings. The molecule has 2 aromatic heterocycles. The van der Waals surface area contributed by atoms with E-state index < -0.39 is 40.9 Å². The molecule has 2 saturated heterocycles. The van der Waals surface area contributed by atoms with E-state index >= 15 is 8.78 Å². The van der Waals surface area contributed by atoms with Crippen molar-refractivity contribution in [3.63, 3.8) is 0 Å². The second-order valence-electron chi connectivity index (χ2n) is 15.3. The molecule has 0 radical (unpaired) electrons. The van der Waals surface area contributed by atoms with Crippen molar-refractivity contribution in [1.82, 2.24) is 24.8 Å². The molecule has 1 aromatic carbocycles. The van der Waals surface area contributed by atoms with Crippen molar-refractivity contribution in [2.45, 2.75) is 100 Å². The number of likely N-dealkylation sites (N-methyl/N-ethyl adjacent to an activating group) is 1. The molecule has 7 rings (SSSR count). The lowest BCUT2D eigenvalue weighted by atomic mass is 9.77. The van der Waals surface area contributed by atoms with Crippen LogP contribution in [0.3, 0.4) is 0 Å². The van der Waals surface area contributed by atoms with Crippen LogP contribution in [0.2, 0.25) is 0 Å². The Morgan fingerprint density at radius 1 is 1.26 bits per heavy atom. The van der Waals surface area contributed by atoms with Gasteiger partial charge in [-0.2, -0.15) is 9.97 Å². The zero-order chi connectivity index (χ0) is 37.5. The number of aliphatic hydroxyl groups excluding tert-OH is 1. The third kappa shape index (κ3) is 6.97. The number of fused-ring (bicyclic) bond motifs is 2. The van der Waals surface area contributed by atoms with Gasteiger partial charge in [-0.25, -0.2) is 13.2 Å². The van der Waals surface area contributed by atoms with Crippen molar-refractivity contribution in [2.75, 3.05) is 45.3 Å². The topological polar surface area (TPSA) is 113 Å². The number of benzene rings is 1. The molecule has 0 unspecified atom stereocenters. The number of aliphatic hydroxyl groups is 1. The van der Waals surface area contributed by atoms with E-state index in [-0.39, 0.29) is 78.4 Å². The molecule has 53 heavy (non-hydrogen) atoms. The van der Waals surface area contributed by atoms with Gasteiger partial charge < -0.3 is 24.8 Å². The Hall–Kier alpha value is -4.25. The van der Waals surface area contributed by atoms with Gasteiger partial charge in [-0.15, -0.1) is 6.42 Å². The van der Waals surface area contributed by atoms with E-state index in [4.69, 9.17) is 20.9 Å².